The van der Waals surface area contributed by atoms with Gasteiger partial charge in [0.15, 0.2) is 6.23 Å². The number of fused-ring (bicyclic) bond motifs is 2. The lowest BCUT2D eigenvalue weighted by molar-refractivity contribution is -0.277. The van der Waals surface area contributed by atoms with Crippen LogP contribution >= 0.6 is 0 Å². The van der Waals surface area contributed by atoms with Crippen LogP contribution in [0, 0.1) is 13.8 Å². The van der Waals surface area contributed by atoms with Crippen molar-refractivity contribution >= 4 is 17.7 Å². The van der Waals surface area contributed by atoms with Gasteiger partial charge in [0, 0.05) is 6.54 Å². The van der Waals surface area contributed by atoms with E-state index in [1.807, 2.05) is 13.8 Å². The monoisotopic (exact) mass is 558 g/mol. The van der Waals surface area contributed by atoms with Gasteiger partial charge >= 0.3 is 6.09 Å². The number of nitrogens with zero attached hydrogens (tertiary/aromatic N) is 2. The molecule has 0 aliphatic carbocycles. The van der Waals surface area contributed by atoms with E-state index in [2.05, 4.69) is 0 Å². The molecule has 2 aromatic rings. The van der Waals surface area contributed by atoms with Crippen molar-refractivity contribution in [1.29, 1.82) is 0 Å². The predicted octanol–water partition coefficient (Wildman–Crippen LogP) is 0.562. The van der Waals surface area contributed by atoms with E-state index in [-0.39, 0.29) is 18.3 Å². The van der Waals surface area contributed by atoms with Crippen molar-refractivity contribution in [3.05, 3.63) is 58.7 Å². The molecular weight excluding hydrogens is 524 g/mol. The van der Waals surface area contributed by atoms with Crippen LogP contribution in [-0.2, 0) is 16.1 Å². The number of rotatable bonds is 5. The molecule has 3 heterocycles. The Bertz CT molecular complexity index is 1250. The van der Waals surface area contributed by atoms with Crippen LogP contribution in [0.1, 0.15) is 39.9 Å². The first-order chi connectivity index (χ1) is 19.1. The van der Waals surface area contributed by atoms with Gasteiger partial charge in [-0.25, -0.2) is 9.69 Å². The Labute approximate surface area is 230 Å². The Morgan fingerprint density at radius 3 is 2.42 bits per heavy atom. The summed E-state index contributed by atoms with van der Waals surface area (Å²) in [5, 5.41) is 50.6. The number of aliphatic hydroxyl groups excluding tert-OH is 5. The topological polar surface area (TPSA) is 169 Å². The number of aryl methyl sites for hydroxylation is 2. The van der Waals surface area contributed by atoms with E-state index in [4.69, 9.17) is 14.2 Å². The number of aliphatic hydroxyl groups is 5. The first kappa shape index (κ1) is 28.3. The van der Waals surface area contributed by atoms with Gasteiger partial charge in [-0.3, -0.25) is 4.79 Å². The molecule has 40 heavy (non-hydrogen) atoms. The summed E-state index contributed by atoms with van der Waals surface area (Å²) in [6, 6.07) is 9.26. The van der Waals surface area contributed by atoms with Gasteiger partial charge in [-0.2, -0.15) is 0 Å². The lowest BCUT2D eigenvalue weighted by Crippen LogP contribution is -2.60. The third-order valence-corrected chi connectivity index (χ3v) is 7.85. The van der Waals surface area contributed by atoms with E-state index in [0.29, 0.717) is 29.8 Å². The fourth-order valence-electron chi connectivity index (χ4n) is 5.38. The zero-order valence-corrected chi connectivity index (χ0v) is 22.2. The average molecular weight is 559 g/mol. The highest BCUT2D eigenvalue weighted by Crippen LogP contribution is 2.36. The highest BCUT2D eigenvalue weighted by Gasteiger charge is 2.46. The lowest BCUT2D eigenvalue weighted by Gasteiger charge is -2.39. The van der Waals surface area contributed by atoms with Gasteiger partial charge in [0.05, 0.1) is 23.9 Å². The smallest absolute Gasteiger partial charge is 0.416 e. The van der Waals surface area contributed by atoms with E-state index in [0.717, 1.165) is 22.4 Å². The summed E-state index contributed by atoms with van der Waals surface area (Å²) in [5.74, 6) is 0.0481. The standard InChI is InChI=1S/C28H34N2O10/c1-14-10-18-20(11-15(14)2)30(26(36)19-4-3-9-29(19)25(18)35)28(37)38-13-16-5-7-17(8-6-16)39-27-24(34)23(33)22(32)21(12-31)40-27/h5-8,10-11,19,21-24,26-27,31-34,36H,3-4,9,12-13H2,1-2H3/t19-,21+,22-,23-,24+,26?,27+/m0/s1. The molecule has 2 fully saturated rings. The second kappa shape index (κ2) is 11.3. The molecule has 0 aromatic heterocycles. The summed E-state index contributed by atoms with van der Waals surface area (Å²) in [6.45, 7) is 3.56. The molecule has 0 radical (unpaired) electrons. The number of ether oxygens (including phenoxy) is 3. The van der Waals surface area contributed by atoms with Crippen LogP contribution < -0.4 is 9.64 Å². The minimum atomic E-state index is -1.56. The van der Waals surface area contributed by atoms with Crippen molar-refractivity contribution in [2.45, 2.75) is 76.3 Å². The summed E-state index contributed by atoms with van der Waals surface area (Å²) in [5.41, 5.74) is 3.02. The summed E-state index contributed by atoms with van der Waals surface area (Å²) in [6.07, 6.45) is -7.78. The maximum absolute atomic E-state index is 13.4. The third-order valence-electron chi connectivity index (χ3n) is 7.85. The molecule has 0 spiro atoms. The van der Waals surface area contributed by atoms with E-state index >= 15 is 0 Å². The Morgan fingerprint density at radius 2 is 1.73 bits per heavy atom. The molecule has 12 nitrogen and oxygen atoms in total. The minimum absolute atomic E-state index is 0.134. The van der Waals surface area contributed by atoms with Crippen molar-refractivity contribution < 1.29 is 49.3 Å². The number of hydrogen-bond donors (Lipinski definition) is 5. The predicted molar refractivity (Wildman–Crippen MR) is 139 cm³/mol. The number of benzene rings is 2. The molecule has 2 amide bonds. The van der Waals surface area contributed by atoms with E-state index in [1.165, 1.54) is 0 Å². The highest BCUT2D eigenvalue weighted by atomic mass is 16.7. The van der Waals surface area contributed by atoms with Gasteiger partial charge in [0.1, 0.15) is 36.8 Å². The SMILES string of the molecule is Cc1cc2c(cc1C)N(C(=O)OCc1ccc(O[C@@H]3O[C@H](CO)[C@H](O)[C@H](O)[C@H]3O)cc1)C(O)[C@@H]1CCCN1C2=O. The van der Waals surface area contributed by atoms with E-state index in [9.17, 15) is 35.1 Å². The maximum atomic E-state index is 13.4. The third kappa shape index (κ3) is 5.14. The van der Waals surface area contributed by atoms with Crippen molar-refractivity contribution in [2.75, 3.05) is 18.1 Å². The second-order valence-corrected chi connectivity index (χ2v) is 10.5. The van der Waals surface area contributed by atoms with Crippen molar-refractivity contribution in [2.24, 2.45) is 0 Å². The van der Waals surface area contributed by atoms with Gasteiger partial charge in [0.2, 0.25) is 6.29 Å². The summed E-state index contributed by atoms with van der Waals surface area (Å²) in [4.78, 5) is 29.4. The molecule has 5 N–H and O–H groups in total. The van der Waals surface area contributed by atoms with Crippen LogP contribution in [0.2, 0.25) is 0 Å². The van der Waals surface area contributed by atoms with Crippen molar-refractivity contribution in [3.63, 3.8) is 0 Å². The molecule has 5 rings (SSSR count). The molecule has 3 aliphatic rings. The molecule has 7 atom stereocenters. The van der Waals surface area contributed by atoms with Crippen LogP contribution in [0.5, 0.6) is 5.75 Å². The number of anilines is 1. The fraction of sp³-hybridized carbons (Fsp3) is 0.500. The minimum Gasteiger partial charge on any atom is -0.462 e. The molecule has 0 bridgehead atoms. The molecule has 3 aliphatic heterocycles. The van der Waals surface area contributed by atoms with Gasteiger partial charge < -0.3 is 44.6 Å². The average Bonchev–Trinajstić information content (AvgIpc) is 3.42. The Morgan fingerprint density at radius 1 is 1.02 bits per heavy atom. The second-order valence-electron chi connectivity index (χ2n) is 10.5. The molecule has 216 valence electrons. The van der Waals surface area contributed by atoms with Crippen LogP contribution in [0.15, 0.2) is 36.4 Å². The number of amides is 2. The molecule has 2 aromatic carbocycles. The fourth-order valence-corrected chi connectivity index (χ4v) is 5.38. The molecule has 12 heteroatoms. The molecule has 2 saturated heterocycles. The van der Waals surface area contributed by atoms with Gasteiger partial charge in [-0.15, -0.1) is 0 Å². The summed E-state index contributed by atoms with van der Waals surface area (Å²) < 4.78 is 16.5. The zero-order valence-electron chi connectivity index (χ0n) is 22.2. The Hall–Kier alpha value is -3.26. The number of carbonyl (C=O) groups excluding carboxylic acids is 2. The Balaban J connectivity index is 1.28. The van der Waals surface area contributed by atoms with Crippen LogP contribution in [0.25, 0.3) is 0 Å². The molecular formula is C28H34N2O10. The first-order valence-electron chi connectivity index (χ1n) is 13.2. The number of hydrogen-bond acceptors (Lipinski definition) is 10. The zero-order chi connectivity index (χ0) is 28.7. The van der Waals surface area contributed by atoms with Crippen LogP contribution in [0.3, 0.4) is 0 Å². The number of carbonyl (C=O) groups is 2. The summed E-state index contributed by atoms with van der Waals surface area (Å²) >= 11 is 0. The normalized spacial score (nSPS) is 30.0. The quantitative estimate of drug-likeness (QED) is 0.350. The highest BCUT2D eigenvalue weighted by molar-refractivity contribution is 6.05. The van der Waals surface area contributed by atoms with Crippen molar-refractivity contribution in [3.8, 4) is 5.75 Å². The largest absolute Gasteiger partial charge is 0.462 e. The van der Waals surface area contributed by atoms with Crippen molar-refractivity contribution in [1.82, 2.24) is 4.90 Å². The lowest BCUT2D eigenvalue weighted by atomic mass is 9.99. The molecule has 1 unspecified atom stereocenters. The van der Waals surface area contributed by atoms with Crippen LogP contribution in [-0.4, -0.2) is 98.6 Å². The van der Waals surface area contributed by atoms with Crippen LogP contribution in [0.4, 0.5) is 10.5 Å². The van der Waals surface area contributed by atoms with Gasteiger partial charge in [-0.1, -0.05) is 12.1 Å². The molecule has 0 saturated carbocycles. The maximum Gasteiger partial charge on any atom is 0.416 e. The first-order valence-corrected chi connectivity index (χ1v) is 13.2. The van der Waals surface area contributed by atoms with E-state index in [1.54, 1.807) is 41.3 Å². The van der Waals surface area contributed by atoms with Gasteiger partial charge in [-0.05, 0) is 67.6 Å². The summed E-state index contributed by atoms with van der Waals surface area (Å²) in [7, 11) is 0. The van der Waals surface area contributed by atoms with E-state index < -0.39 is 55.7 Å². The Kier molecular flexibility index (Phi) is 8.00. The van der Waals surface area contributed by atoms with Gasteiger partial charge in [0.25, 0.3) is 5.91 Å².